The van der Waals surface area contributed by atoms with Crippen molar-refractivity contribution >= 4 is 29.0 Å². The number of hydrazine groups is 1. The van der Waals surface area contributed by atoms with Gasteiger partial charge in [0.2, 0.25) is 0 Å². The Morgan fingerprint density at radius 1 is 1.31 bits per heavy atom. The summed E-state index contributed by atoms with van der Waals surface area (Å²) in [6.07, 6.45) is 0. The summed E-state index contributed by atoms with van der Waals surface area (Å²) in [7, 11) is 0. The third-order valence-electron chi connectivity index (χ3n) is 1.90. The topological polar surface area (TPSA) is 96.7 Å². The van der Waals surface area contributed by atoms with Gasteiger partial charge < -0.3 is 15.8 Å². The highest BCUT2D eigenvalue weighted by Gasteiger charge is 2.18. The second kappa shape index (κ2) is 6.36. The number of ether oxygens (including phenoxy) is 1. The lowest BCUT2D eigenvalue weighted by atomic mass is 10.5. The third kappa shape index (κ3) is 4.51. The lowest BCUT2D eigenvalue weighted by molar-refractivity contribution is -0.143. The number of thiocarbonyl (C=S) groups is 1. The van der Waals surface area contributed by atoms with Crippen LogP contribution in [0, 0.1) is 0 Å². The second-order valence-electron chi connectivity index (χ2n) is 3.19. The molecule has 1 aliphatic rings. The third-order valence-corrected chi connectivity index (χ3v) is 2.04. The standard InChI is InChI=1S/C8H14N4O3S/c9-6(16)5-10-7(13)8(14)11-12-1-3-15-4-2-12/h1-5H2,(H2,9,16)(H,10,13)(H,11,14). The van der Waals surface area contributed by atoms with Gasteiger partial charge in [-0.1, -0.05) is 12.2 Å². The van der Waals surface area contributed by atoms with E-state index in [4.69, 9.17) is 10.5 Å². The SMILES string of the molecule is NC(=S)CNC(=O)C(=O)NN1CCOCC1. The van der Waals surface area contributed by atoms with Gasteiger partial charge in [-0.2, -0.15) is 0 Å². The summed E-state index contributed by atoms with van der Waals surface area (Å²) in [4.78, 5) is 22.7. The fourth-order valence-electron chi connectivity index (χ4n) is 1.12. The molecule has 0 saturated carbocycles. The minimum atomic E-state index is -0.751. The number of morpholine rings is 1. The van der Waals surface area contributed by atoms with E-state index in [9.17, 15) is 9.59 Å². The number of hydrogen-bond donors (Lipinski definition) is 3. The molecule has 0 unspecified atom stereocenters. The van der Waals surface area contributed by atoms with E-state index in [1.54, 1.807) is 5.01 Å². The Kier molecular flexibility index (Phi) is 5.09. The number of nitrogens with one attached hydrogen (secondary N) is 2. The molecule has 0 radical (unpaired) electrons. The van der Waals surface area contributed by atoms with E-state index in [0.717, 1.165) is 0 Å². The van der Waals surface area contributed by atoms with Crippen LogP contribution >= 0.6 is 12.2 Å². The number of rotatable bonds is 3. The molecule has 0 bridgehead atoms. The van der Waals surface area contributed by atoms with Gasteiger partial charge in [0.15, 0.2) is 0 Å². The van der Waals surface area contributed by atoms with E-state index in [0.29, 0.717) is 26.3 Å². The van der Waals surface area contributed by atoms with Gasteiger partial charge in [-0.25, -0.2) is 5.01 Å². The number of nitrogens with two attached hydrogens (primary N) is 1. The quantitative estimate of drug-likeness (QED) is 0.384. The van der Waals surface area contributed by atoms with Gasteiger partial charge in [-0.05, 0) is 0 Å². The van der Waals surface area contributed by atoms with Gasteiger partial charge in [0.25, 0.3) is 0 Å². The van der Waals surface area contributed by atoms with Crippen molar-refractivity contribution in [1.82, 2.24) is 15.8 Å². The van der Waals surface area contributed by atoms with Crippen molar-refractivity contribution in [2.24, 2.45) is 5.73 Å². The monoisotopic (exact) mass is 246 g/mol. The molecule has 90 valence electrons. The van der Waals surface area contributed by atoms with Crippen LogP contribution in [0.25, 0.3) is 0 Å². The lowest BCUT2D eigenvalue weighted by Crippen LogP contribution is -2.53. The summed E-state index contributed by atoms with van der Waals surface area (Å²) in [5, 5.41) is 3.93. The number of carbonyl (C=O) groups is 2. The minimum absolute atomic E-state index is 0.0185. The molecule has 1 heterocycles. The summed E-state index contributed by atoms with van der Waals surface area (Å²) in [6, 6.07) is 0. The van der Waals surface area contributed by atoms with Gasteiger partial charge in [0.05, 0.1) is 24.7 Å². The van der Waals surface area contributed by atoms with Crippen molar-refractivity contribution in [3.8, 4) is 0 Å². The molecular formula is C8H14N4O3S. The summed E-state index contributed by atoms with van der Waals surface area (Å²) in [5.41, 5.74) is 7.64. The summed E-state index contributed by atoms with van der Waals surface area (Å²) in [5.74, 6) is -1.47. The van der Waals surface area contributed by atoms with Crippen LogP contribution in [0.2, 0.25) is 0 Å². The Labute approximate surface area is 98.3 Å². The molecule has 4 N–H and O–H groups in total. The van der Waals surface area contributed by atoms with Crippen molar-refractivity contribution in [2.75, 3.05) is 32.8 Å². The molecule has 7 nitrogen and oxygen atoms in total. The molecular weight excluding hydrogens is 232 g/mol. The van der Waals surface area contributed by atoms with Gasteiger partial charge in [0.1, 0.15) is 0 Å². The molecule has 1 rings (SSSR count). The molecule has 0 spiro atoms. The Morgan fingerprint density at radius 2 is 1.94 bits per heavy atom. The minimum Gasteiger partial charge on any atom is -0.392 e. The Morgan fingerprint density at radius 3 is 2.50 bits per heavy atom. The molecule has 0 aromatic heterocycles. The highest BCUT2D eigenvalue weighted by Crippen LogP contribution is 1.91. The summed E-state index contributed by atoms with van der Waals surface area (Å²) >= 11 is 4.57. The molecule has 8 heteroatoms. The number of nitrogens with zero attached hydrogens (tertiary/aromatic N) is 1. The van der Waals surface area contributed by atoms with Crippen molar-refractivity contribution in [2.45, 2.75) is 0 Å². The van der Waals surface area contributed by atoms with Crippen molar-refractivity contribution in [1.29, 1.82) is 0 Å². The van der Waals surface area contributed by atoms with Crippen LogP contribution < -0.4 is 16.5 Å². The van der Waals surface area contributed by atoms with Crippen LogP contribution in [0.15, 0.2) is 0 Å². The van der Waals surface area contributed by atoms with Crippen molar-refractivity contribution in [3.05, 3.63) is 0 Å². The molecule has 0 aliphatic carbocycles. The Hall–Kier alpha value is -1.25. The predicted molar refractivity (Wildman–Crippen MR) is 60.3 cm³/mol. The average molecular weight is 246 g/mol. The molecule has 1 saturated heterocycles. The average Bonchev–Trinajstić information content (AvgIpc) is 2.27. The van der Waals surface area contributed by atoms with Crippen LogP contribution in [0.5, 0.6) is 0 Å². The zero-order valence-electron chi connectivity index (χ0n) is 8.69. The first-order valence-electron chi connectivity index (χ1n) is 4.79. The van der Waals surface area contributed by atoms with Crippen molar-refractivity contribution in [3.63, 3.8) is 0 Å². The maximum absolute atomic E-state index is 11.3. The largest absolute Gasteiger partial charge is 0.392 e. The normalized spacial score (nSPS) is 16.5. The molecule has 0 aromatic carbocycles. The Balaban J connectivity index is 2.27. The summed E-state index contributed by atoms with van der Waals surface area (Å²) in [6.45, 7) is 2.22. The van der Waals surface area contributed by atoms with E-state index in [-0.39, 0.29) is 11.5 Å². The van der Waals surface area contributed by atoms with Crippen LogP contribution in [0.1, 0.15) is 0 Å². The van der Waals surface area contributed by atoms with Gasteiger partial charge in [0, 0.05) is 13.1 Å². The molecule has 0 aromatic rings. The zero-order valence-corrected chi connectivity index (χ0v) is 9.51. The maximum Gasteiger partial charge on any atom is 0.323 e. The van der Waals surface area contributed by atoms with E-state index >= 15 is 0 Å². The highest BCUT2D eigenvalue weighted by atomic mass is 32.1. The molecule has 16 heavy (non-hydrogen) atoms. The fourth-order valence-corrected chi connectivity index (χ4v) is 1.19. The first-order chi connectivity index (χ1) is 7.59. The zero-order chi connectivity index (χ0) is 12.0. The van der Waals surface area contributed by atoms with Crippen LogP contribution in [-0.2, 0) is 14.3 Å². The molecule has 2 amide bonds. The summed E-state index contributed by atoms with van der Waals surface area (Å²) < 4.78 is 5.09. The van der Waals surface area contributed by atoms with Crippen LogP contribution in [0.3, 0.4) is 0 Å². The molecule has 0 atom stereocenters. The maximum atomic E-state index is 11.3. The van der Waals surface area contributed by atoms with Gasteiger partial charge in [-0.15, -0.1) is 0 Å². The van der Waals surface area contributed by atoms with E-state index in [1.165, 1.54) is 0 Å². The lowest BCUT2D eigenvalue weighted by Gasteiger charge is -2.26. The fraction of sp³-hybridized carbons (Fsp3) is 0.625. The van der Waals surface area contributed by atoms with E-state index in [2.05, 4.69) is 23.0 Å². The van der Waals surface area contributed by atoms with Crippen molar-refractivity contribution < 1.29 is 14.3 Å². The molecule has 1 aliphatic heterocycles. The Bertz CT molecular complexity index is 291. The molecule has 1 fully saturated rings. The second-order valence-corrected chi connectivity index (χ2v) is 3.71. The van der Waals surface area contributed by atoms with Gasteiger partial charge in [-0.3, -0.25) is 15.0 Å². The number of carbonyl (C=O) groups excluding carboxylic acids is 2. The first kappa shape index (κ1) is 12.8. The predicted octanol–water partition coefficient (Wildman–Crippen LogP) is -2.25. The van der Waals surface area contributed by atoms with Crippen LogP contribution in [0.4, 0.5) is 0 Å². The van der Waals surface area contributed by atoms with Gasteiger partial charge >= 0.3 is 11.8 Å². The van der Waals surface area contributed by atoms with Crippen LogP contribution in [-0.4, -0.2) is 54.7 Å². The highest BCUT2D eigenvalue weighted by molar-refractivity contribution is 7.80. The first-order valence-corrected chi connectivity index (χ1v) is 5.20. The van der Waals surface area contributed by atoms with E-state index in [1.807, 2.05) is 0 Å². The number of hydrogen-bond acceptors (Lipinski definition) is 5. The smallest absolute Gasteiger partial charge is 0.323 e. The number of amides is 2. The van der Waals surface area contributed by atoms with E-state index < -0.39 is 11.8 Å².